The van der Waals surface area contributed by atoms with Crippen molar-refractivity contribution < 1.29 is 14.3 Å². The van der Waals surface area contributed by atoms with Gasteiger partial charge in [-0.2, -0.15) is 0 Å². The van der Waals surface area contributed by atoms with Gasteiger partial charge in [0, 0.05) is 6.54 Å². The van der Waals surface area contributed by atoms with E-state index in [0.717, 1.165) is 24.2 Å². The lowest BCUT2D eigenvalue weighted by atomic mass is 10.0. The Morgan fingerprint density at radius 1 is 1.33 bits per heavy atom. The number of para-hydroxylation sites is 1. The van der Waals surface area contributed by atoms with Gasteiger partial charge in [0.25, 0.3) is 0 Å². The summed E-state index contributed by atoms with van der Waals surface area (Å²) in [6.45, 7) is 5.68. The predicted octanol–water partition coefficient (Wildman–Crippen LogP) is 2.16. The van der Waals surface area contributed by atoms with E-state index in [-0.39, 0.29) is 11.9 Å². The highest BCUT2D eigenvalue weighted by Gasteiger charge is 2.22. The van der Waals surface area contributed by atoms with Crippen molar-refractivity contribution in [1.82, 2.24) is 16.0 Å². The Bertz CT molecular complexity index is 560. The number of amides is 3. The van der Waals surface area contributed by atoms with E-state index < -0.39 is 6.04 Å². The Kier molecular flexibility index (Phi) is 6.90. The summed E-state index contributed by atoms with van der Waals surface area (Å²) in [4.78, 5) is 23.7. The lowest BCUT2D eigenvalue weighted by Crippen LogP contribution is -2.49. The van der Waals surface area contributed by atoms with Crippen LogP contribution < -0.4 is 20.7 Å². The van der Waals surface area contributed by atoms with Crippen LogP contribution in [0.5, 0.6) is 5.75 Å². The first-order valence-corrected chi connectivity index (χ1v) is 8.61. The molecule has 132 valence electrons. The minimum absolute atomic E-state index is 0.107. The molecule has 1 heterocycles. The molecule has 1 saturated heterocycles. The number of benzene rings is 1. The standard InChI is InChI=1S/C18H27N3O3/c1-13(2)14-7-3-4-9-16(14)24-12-11-20-18(23)21-15-8-5-6-10-19-17(15)22/h3-4,7,9,13,15H,5-6,8,10-12H2,1-2H3,(H,19,22)(H2,20,21,23)/t15-/m1/s1. The molecule has 3 N–H and O–H groups in total. The number of carbonyl (C=O) groups excluding carboxylic acids is 2. The van der Waals surface area contributed by atoms with Crippen molar-refractivity contribution in [1.29, 1.82) is 0 Å². The Morgan fingerprint density at radius 2 is 2.12 bits per heavy atom. The first-order valence-electron chi connectivity index (χ1n) is 8.61. The molecule has 3 amide bonds. The van der Waals surface area contributed by atoms with Gasteiger partial charge in [0.1, 0.15) is 18.4 Å². The highest BCUT2D eigenvalue weighted by Crippen LogP contribution is 2.25. The van der Waals surface area contributed by atoms with Crippen LogP contribution in [-0.2, 0) is 4.79 Å². The number of hydrogen-bond acceptors (Lipinski definition) is 3. The summed E-state index contributed by atoms with van der Waals surface area (Å²) in [5.74, 6) is 1.12. The van der Waals surface area contributed by atoms with E-state index in [1.807, 2.05) is 24.3 Å². The van der Waals surface area contributed by atoms with E-state index >= 15 is 0 Å². The molecule has 6 nitrogen and oxygen atoms in total. The van der Waals surface area contributed by atoms with Gasteiger partial charge in [-0.3, -0.25) is 4.79 Å². The SMILES string of the molecule is CC(C)c1ccccc1OCCNC(=O)N[C@@H]1CCCCNC1=O. The quantitative estimate of drug-likeness (QED) is 0.698. The van der Waals surface area contributed by atoms with Crippen molar-refractivity contribution in [3.8, 4) is 5.75 Å². The minimum atomic E-state index is -0.449. The highest BCUT2D eigenvalue weighted by atomic mass is 16.5. The van der Waals surface area contributed by atoms with Gasteiger partial charge in [-0.15, -0.1) is 0 Å². The molecule has 1 aromatic rings. The summed E-state index contributed by atoms with van der Waals surface area (Å²) in [6.07, 6.45) is 2.56. The van der Waals surface area contributed by atoms with Crippen molar-refractivity contribution >= 4 is 11.9 Å². The number of nitrogens with one attached hydrogen (secondary N) is 3. The van der Waals surface area contributed by atoms with E-state index in [4.69, 9.17) is 4.74 Å². The maximum atomic E-state index is 11.9. The number of ether oxygens (including phenoxy) is 1. The average molecular weight is 333 g/mol. The maximum Gasteiger partial charge on any atom is 0.315 e. The zero-order chi connectivity index (χ0) is 17.4. The summed E-state index contributed by atoms with van der Waals surface area (Å²) >= 11 is 0. The van der Waals surface area contributed by atoms with E-state index in [2.05, 4.69) is 29.8 Å². The van der Waals surface area contributed by atoms with Crippen LogP contribution in [0.4, 0.5) is 4.79 Å². The van der Waals surface area contributed by atoms with Crippen molar-refractivity contribution in [2.24, 2.45) is 0 Å². The van der Waals surface area contributed by atoms with Gasteiger partial charge in [0.15, 0.2) is 0 Å². The summed E-state index contributed by atoms with van der Waals surface area (Å²) in [6, 6.07) is 7.13. The lowest BCUT2D eigenvalue weighted by Gasteiger charge is -2.16. The average Bonchev–Trinajstić information content (AvgIpc) is 2.76. The van der Waals surface area contributed by atoms with Gasteiger partial charge in [0.2, 0.25) is 5.91 Å². The van der Waals surface area contributed by atoms with Crippen LogP contribution in [0.25, 0.3) is 0 Å². The van der Waals surface area contributed by atoms with Crippen LogP contribution in [0.2, 0.25) is 0 Å². The molecule has 0 radical (unpaired) electrons. The van der Waals surface area contributed by atoms with Crippen molar-refractivity contribution in [2.45, 2.75) is 45.1 Å². The fraction of sp³-hybridized carbons (Fsp3) is 0.556. The Hall–Kier alpha value is -2.24. The molecule has 24 heavy (non-hydrogen) atoms. The van der Waals surface area contributed by atoms with Crippen molar-refractivity contribution in [3.05, 3.63) is 29.8 Å². The molecular weight excluding hydrogens is 306 g/mol. The van der Waals surface area contributed by atoms with Crippen LogP contribution in [0.1, 0.15) is 44.6 Å². The molecule has 0 aliphatic carbocycles. The molecule has 0 bridgehead atoms. The molecular formula is C18H27N3O3. The number of hydrogen-bond donors (Lipinski definition) is 3. The third kappa shape index (κ3) is 5.44. The zero-order valence-electron chi connectivity index (χ0n) is 14.4. The van der Waals surface area contributed by atoms with Gasteiger partial charge in [-0.1, -0.05) is 32.0 Å². The van der Waals surface area contributed by atoms with Gasteiger partial charge < -0.3 is 20.7 Å². The van der Waals surface area contributed by atoms with Gasteiger partial charge in [-0.05, 0) is 36.8 Å². The van der Waals surface area contributed by atoms with E-state index in [1.165, 1.54) is 0 Å². The second kappa shape index (κ2) is 9.15. The molecule has 1 aliphatic rings. The minimum Gasteiger partial charge on any atom is -0.491 e. The number of carbonyl (C=O) groups is 2. The Labute approximate surface area is 143 Å². The lowest BCUT2D eigenvalue weighted by molar-refractivity contribution is -0.122. The highest BCUT2D eigenvalue weighted by molar-refractivity contribution is 5.87. The smallest absolute Gasteiger partial charge is 0.315 e. The Morgan fingerprint density at radius 3 is 2.92 bits per heavy atom. The largest absolute Gasteiger partial charge is 0.491 e. The maximum absolute atomic E-state index is 11.9. The summed E-state index contributed by atoms with van der Waals surface area (Å²) in [5.41, 5.74) is 1.15. The fourth-order valence-corrected chi connectivity index (χ4v) is 2.70. The molecule has 2 rings (SSSR count). The normalized spacial score (nSPS) is 17.8. The first-order chi connectivity index (χ1) is 11.6. The first kappa shape index (κ1) is 18.1. The van der Waals surface area contributed by atoms with Crippen LogP contribution >= 0.6 is 0 Å². The molecule has 1 fully saturated rings. The zero-order valence-corrected chi connectivity index (χ0v) is 14.4. The third-order valence-corrected chi connectivity index (χ3v) is 4.03. The molecule has 1 atom stereocenters. The molecule has 0 spiro atoms. The molecule has 1 aliphatic heterocycles. The van der Waals surface area contributed by atoms with Crippen LogP contribution in [0.15, 0.2) is 24.3 Å². The molecule has 0 unspecified atom stereocenters. The Balaban J connectivity index is 1.72. The third-order valence-electron chi connectivity index (χ3n) is 4.03. The van der Waals surface area contributed by atoms with Gasteiger partial charge in [0.05, 0.1) is 6.54 Å². The van der Waals surface area contributed by atoms with Crippen LogP contribution in [-0.4, -0.2) is 37.7 Å². The summed E-state index contributed by atoms with van der Waals surface area (Å²) in [5, 5.41) is 8.25. The van der Waals surface area contributed by atoms with Gasteiger partial charge >= 0.3 is 6.03 Å². The second-order valence-corrected chi connectivity index (χ2v) is 6.28. The van der Waals surface area contributed by atoms with Crippen LogP contribution in [0, 0.1) is 0 Å². The summed E-state index contributed by atoms with van der Waals surface area (Å²) in [7, 11) is 0. The van der Waals surface area contributed by atoms with Crippen LogP contribution in [0.3, 0.4) is 0 Å². The fourth-order valence-electron chi connectivity index (χ4n) is 2.70. The number of rotatable bonds is 6. The predicted molar refractivity (Wildman–Crippen MR) is 93.2 cm³/mol. The van der Waals surface area contributed by atoms with Gasteiger partial charge in [-0.25, -0.2) is 4.79 Å². The number of urea groups is 1. The molecule has 1 aromatic carbocycles. The van der Waals surface area contributed by atoms with E-state index in [0.29, 0.717) is 32.0 Å². The van der Waals surface area contributed by atoms with Crippen molar-refractivity contribution in [2.75, 3.05) is 19.7 Å². The second-order valence-electron chi connectivity index (χ2n) is 6.28. The molecule has 0 aromatic heterocycles. The monoisotopic (exact) mass is 333 g/mol. The summed E-state index contributed by atoms with van der Waals surface area (Å²) < 4.78 is 5.76. The van der Waals surface area contributed by atoms with Crippen molar-refractivity contribution in [3.63, 3.8) is 0 Å². The topological polar surface area (TPSA) is 79.5 Å². The molecule has 6 heteroatoms. The van der Waals surface area contributed by atoms with E-state index in [1.54, 1.807) is 0 Å². The van der Waals surface area contributed by atoms with E-state index in [9.17, 15) is 9.59 Å². The molecule has 0 saturated carbocycles.